The monoisotopic (exact) mass is 333 g/mol. The molecule has 1 heterocycles. The van der Waals surface area contributed by atoms with Crippen LogP contribution in [0.15, 0.2) is 83.5 Å². The van der Waals surface area contributed by atoms with Gasteiger partial charge in [0.15, 0.2) is 0 Å². The average molecular weight is 333 g/mol. The molecule has 126 valence electrons. The lowest BCUT2D eigenvalue weighted by atomic mass is 10.2. The molecule has 3 aromatic rings. The fourth-order valence-corrected chi connectivity index (χ4v) is 2.24. The second-order valence-electron chi connectivity index (χ2n) is 5.48. The molecule has 0 atom stereocenters. The second kappa shape index (κ2) is 8.55. The fourth-order valence-electron chi connectivity index (χ4n) is 2.24. The predicted molar refractivity (Wildman–Crippen MR) is 96.8 cm³/mol. The summed E-state index contributed by atoms with van der Waals surface area (Å²) in [7, 11) is 0. The van der Waals surface area contributed by atoms with Crippen LogP contribution >= 0.6 is 0 Å². The number of carbonyl (C=O) groups excluding carboxylic acids is 1. The highest BCUT2D eigenvalue weighted by Gasteiger charge is 2.00. The van der Waals surface area contributed by atoms with Gasteiger partial charge in [0.2, 0.25) is 5.91 Å². The van der Waals surface area contributed by atoms with Gasteiger partial charge < -0.3 is 14.5 Å². The summed E-state index contributed by atoms with van der Waals surface area (Å²) >= 11 is 0. The Labute approximate surface area is 146 Å². The molecular formula is C21H19NO3. The van der Waals surface area contributed by atoms with Gasteiger partial charge in [0.1, 0.15) is 18.1 Å². The molecule has 3 rings (SSSR count). The molecule has 4 heteroatoms. The minimum absolute atomic E-state index is 0.166. The van der Waals surface area contributed by atoms with Crippen molar-refractivity contribution in [1.29, 1.82) is 0 Å². The predicted octanol–water partition coefficient (Wildman–Crippen LogP) is 4.19. The third-order valence-electron chi connectivity index (χ3n) is 3.58. The van der Waals surface area contributed by atoms with E-state index in [0.29, 0.717) is 18.9 Å². The summed E-state index contributed by atoms with van der Waals surface area (Å²) in [4.78, 5) is 11.8. The topological polar surface area (TPSA) is 51.5 Å². The van der Waals surface area contributed by atoms with Crippen molar-refractivity contribution in [2.24, 2.45) is 0 Å². The summed E-state index contributed by atoms with van der Waals surface area (Å²) < 4.78 is 10.9. The Balaban J connectivity index is 1.45. The largest absolute Gasteiger partial charge is 0.489 e. The lowest BCUT2D eigenvalue weighted by molar-refractivity contribution is -0.116. The van der Waals surface area contributed by atoms with Crippen LogP contribution in [-0.4, -0.2) is 5.91 Å². The molecule has 1 aromatic heterocycles. The Morgan fingerprint density at radius 3 is 2.48 bits per heavy atom. The van der Waals surface area contributed by atoms with Gasteiger partial charge >= 0.3 is 0 Å². The Hall–Kier alpha value is -3.27. The first-order chi connectivity index (χ1) is 12.3. The molecule has 0 aliphatic carbocycles. The zero-order chi connectivity index (χ0) is 17.3. The molecule has 0 radical (unpaired) electrons. The quantitative estimate of drug-likeness (QED) is 0.660. The van der Waals surface area contributed by atoms with Crippen molar-refractivity contribution in [2.45, 2.75) is 13.2 Å². The summed E-state index contributed by atoms with van der Waals surface area (Å²) in [5.41, 5.74) is 2.13. The van der Waals surface area contributed by atoms with Crippen molar-refractivity contribution in [1.82, 2.24) is 5.32 Å². The zero-order valence-electron chi connectivity index (χ0n) is 13.7. The van der Waals surface area contributed by atoms with E-state index in [2.05, 4.69) is 5.32 Å². The van der Waals surface area contributed by atoms with Crippen molar-refractivity contribution >= 4 is 12.0 Å². The van der Waals surface area contributed by atoms with Gasteiger partial charge in [-0.3, -0.25) is 4.79 Å². The number of amides is 1. The Morgan fingerprint density at radius 1 is 0.960 bits per heavy atom. The van der Waals surface area contributed by atoms with Crippen LogP contribution in [0.2, 0.25) is 0 Å². The molecule has 0 spiro atoms. The van der Waals surface area contributed by atoms with Gasteiger partial charge in [-0.25, -0.2) is 0 Å². The molecular weight excluding hydrogens is 314 g/mol. The summed E-state index contributed by atoms with van der Waals surface area (Å²) in [6.45, 7) is 0.995. The highest BCUT2D eigenvalue weighted by molar-refractivity contribution is 5.91. The Kier molecular flexibility index (Phi) is 5.67. The summed E-state index contributed by atoms with van der Waals surface area (Å²) in [6.07, 6.45) is 4.66. The normalized spacial score (nSPS) is 10.7. The molecule has 0 unspecified atom stereocenters. The minimum Gasteiger partial charge on any atom is -0.489 e. The van der Waals surface area contributed by atoms with Gasteiger partial charge in [-0.15, -0.1) is 0 Å². The molecule has 2 aromatic carbocycles. The maximum atomic E-state index is 11.8. The molecule has 0 bridgehead atoms. The van der Waals surface area contributed by atoms with E-state index in [4.69, 9.17) is 9.15 Å². The number of hydrogen-bond donors (Lipinski definition) is 1. The minimum atomic E-state index is -0.166. The first-order valence-corrected chi connectivity index (χ1v) is 8.05. The number of rotatable bonds is 7. The van der Waals surface area contributed by atoms with Crippen LogP contribution in [0.5, 0.6) is 5.75 Å². The maximum absolute atomic E-state index is 11.8. The van der Waals surface area contributed by atoms with Crippen LogP contribution < -0.4 is 10.1 Å². The van der Waals surface area contributed by atoms with Crippen molar-refractivity contribution < 1.29 is 13.9 Å². The summed E-state index contributed by atoms with van der Waals surface area (Å²) in [6, 6.07) is 21.3. The highest BCUT2D eigenvalue weighted by atomic mass is 16.5. The van der Waals surface area contributed by atoms with Gasteiger partial charge in [-0.2, -0.15) is 0 Å². The van der Waals surface area contributed by atoms with Gasteiger partial charge in [0.05, 0.1) is 6.26 Å². The van der Waals surface area contributed by atoms with E-state index in [1.165, 1.54) is 6.08 Å². The van der Waals surface area contributed by atoms with E-state index in [0.717, 1.165) is 16.9 Å². The van der Waals surface area contributed by atoms with E-state index >= 15 is 0 Å². The van der Waals surface area contributed by atoms with E-state index in [-0.39, 0.29) is 5.91 Å². The standard InChI is InChI=1S/C21H19NO3/c23-21(13-12-19-7-4-14-24-19)22-15-17-8-10-20(11-9-17)25-16-18-5-2-1-3-6-18/h1-14H,15-16H2,(H,22,23)/b13-12+. The van der Waals surface area contributed by atoms with Gasteiger partial charge in [-0.1, -0.05) is 42.5 Å². The summed E-state index contributed by atoms with van der Waals surface area (Å²) in [5.74, 6) is 1.28. The molecule has 1 N–H and O–H groups in total. The lowest BCUT2D eigenvalue weighted by Crippen LogP contribution is -2.20. The number of furan rings is 1. The number of benzene rings is 2. The molecule has 0 aliphatic heterocycles. The molecule has 4 nitrogen and oxygen atoms in total. The molecule has 0 fully saturated rings. The van der Waals surface area contributed by atoms with E-state index in [9.17, 15) is 4.79 Å². The van der Waals surface area contributed by atoms with Crippen LogP contribution in [0, 0.1) is 0 Å². The molecule has 0 saturated heterocycles. The van der Waals surface area contributed by atoms with Crippen molar-refractivity contribution in [3.63, 3.8) is 0 Å². The second-order valence-corrected chi connectivity index (χ2v) is 5.48. The lowest BCUT2D eigenvalue weighted by Gasteiger charge is -2.08. The van der Waals surface area contributed by atoms with Crippen LogP contribution in [0.25, 0.3) is 6.08 Å². The number of hydrogen-bond acceptors (Lipinski definition) is 3. The van der Waals surface area contributed by atoms with Crippen molar-refractivity contribution in [2.75, 3.05) is 0 Å². The van der Waals surface area contributed by atoms with Crippen LogP contribution in [0.4, 0.5) is 0 Å². The third-order valence-corrected chi connectivity index (χ3v) is 3.58. The van der Waals surface area contributed by atoms with Gasteiger partial charge in [0, 0.05) is 12.6 Å². The van der Waals surface area contributed by atoms with Gasteiger partial charge in [0.25, 0.3) is 0 Å². The summed E-state index contributed by atoms with van der Waals surface area (Å²) in [5, 5.41) is 2.83. The Bertz CT molecular complexity index is 806. The third kappa shape index (κ3) is 5.39. The highest BCUT2D eigenvalue weighted by Crippen LogP contribution is 2.14. The van der Waals surface area contributed by atoms with Crippen LogP contribution in [-0.2, 0) is 17.9 Å². The molecule has 25 heavy (non-hydrogen) atoms. The number of carbonyl (C=O) groups is 1. The van der Waals surface area contributed by atoms with Crippen LogP contribution in [0.1, 0.15) is 16.9 Å². The van der Waals surface area contributed by atoms with Crippen molar-refractivity contribution in [3.8, 4) is 5.75 Å². The Morgan fingerprint density at radius 2 is 1.76 bits per heavy atom. The number of nitrogens with one attached hydrogen (secondary N) is 1. The zero-order valence-corrected chi connectivity index (χ0v) is 13.7. The maximum Gasteiger partial charge on any atom is 0.244 e. The SMILES string of the molecule is O=C(/C=C/c1ccco1)NCc1ccc(OCc2ccccc2)cc1. The van der Waals surface area contributed by atoms with E-state index < -0.39 is 0 Å². The van der Waals surface area contributed by atoms with E-state index in [1.807, 2.05) is 54.6 Å². The smallest absolute Gasteiger partial charge is 0.244 e. The molecule has 0 aliphatic rings. The molecule has 0 saturated carbocycles. The van der Waals surface area contributed by atoms with Gasteiger partial charge in [-0.05, 0) is 41.5 Å². The average Bonchev–Trinajstić information content (AvgIpc) is 3.18. The fraction of sp³-hybridized carbons (Fsp3) is 0.0952. The first-order valence-electron chi connectivity index (χ1n) is 8.05. The first kappa shape index (κ1) is 16.6. The van der Waals surface area contributed by atoms with Crippen LogP contribution in [0.3, 0.4) is 0 Å². The van der Waals surface area contributed by atoms with E-state index in [1.54, 1.807) is 24.5 Å². The van der Waals surface area contributed by atoms with Crippen molar-refractivity contribution in [3.05, 3.63) is 96.0 Å². The molecule has 1 amide bonds. The number of ether oxygens (including phenoxy) is 1.